The standard InChI is InChI=1S/C25H32N2O3/c1-15-13-20-21(25(5,6)12-11-24(20,3)4)14-19(15)22(27-30-16(2)26)17-7-9-18(10-8-17)23(28)29/h7-10,13-14,16H,11-12,26H2,1-6H3,(H,28,29). The van der Waals surface area contributed by atoms with Gasteiger partial charge in [-0.05, 0) is 72.4 Å². The van der Waals surface area contributed by atoms with Gasteiger partial charge in [0.2, 0.25) is 0 Å². The highest BCUT2D eigenvalue weighted by Gasteiger charge is 2.37. The summed E-state index contributed by atoms with van der Waals surface area (Å²) < 4.78 is 0. The number of carbonyl (C=O) groups is 1. The van der Waals surface area contributed by atoms with Gasteiger partial charge in [-0.2, -0.15) is 0 Å². The number of hydrogen-bond donors (Lipinski definition) is 2. The first kappa shape index (κ1) is 22.0. The van der Waals surface area contributed by atoms with E-state index in [0.717, 1.165) is 29.5 Å². The Balaban J connectivity index is 2.19. The van der Waals surface area contributed by atoms with E-state index < -0.39 is 12.2 Å². The van der Waals surface area contributed by atoms with Crippen molar-refractivity contribution >= 4 is 11.7 Å². The van der Waals surface area contributed by atoms with Gasteiger partial charge in [0.05, 0.1) is 5.56 Å². The van der Waals surface area contributed by atoms with Crippen molar-refractivity contribution in [2.45, 2.75) is 71.4 Å². The zero-order valence-electron chi connectivity index (χ0n) is 18.7. The lowest BCUT2D eigenvalue weighted by atomic mass is 9.62. The molecule has 0 bridgehead atoms. The molecule has 30 heavy (non-hydrogen) atoms. The zero-order valence-corrected chi connectivity index (χ0v) is 18.7. The van der Waals surface area contributed by atoms with E-state index in [4.69, 9.17) is 10.6 Å². The summed E-state index contributed by atoms with van der Waals surface area (Å²) in [5, 5.41) is 13.6. The third-order valence-corrected chi connectivity index (χ3v) is 6.17. The molecule has 160 valence electrons. The van der Waals surface area contributed by atoms with Crippen molar-refractivity contribution < 1.29 is 14.7 Å². The molecule has 1 aliphatic rings. The highest BCUT2D eigenvalue weighted by molar-refractivity contribution is 6.14. The number of fused-ring (bicyclic) bond motifs is 1. The SMILES string of the molecule is Cc1cc2c(cc1C(=NOC(C)N)c1ccc(C(=O)O)cc1)C(C)(C)CCC2(C)C. The van der Waals surface area contributed by atoms with Crippen molar-refractivity contribution in [3.8, 4) is 0 Å². The Morgan fingerprint density at radius 3 is 2.03 bits per heavy atom. The fraction of sp³-hybridized carbons (Fsp3) is 0.440. The Bertz CT molecular complexity index is 986. The van der Waals surface area contributed by atoms with Gasteiger partial charge in [0.25, 0.3) is 0 Å². The van der Waals surface area contributed by atoms with Crippen LogP contribution >= 0.6 is 0 Å². The van der Waals surface area contributed by atoms with E-state index in [1.54, 1.807) is 31.2 Å². The molecule has 0 saturated heterocycles. The van der Waals surface area contributed by atoms with Gasteiger partial charge in [-0.3, -0.25) is 5.73 Å². The molecule has 1 unspecified atom stereocenters. The third-order valence-electron chi connectivity index (χ3n) is 6.17. The van der Waals surface area contributed by atoms with Crippen molar-refractivity contribution in [3.05, 3.63) is 69.8 Å². The van der Waals surface area contributed by atoms with Crippen LogP contribution in [-0.4, -0.2) is 23.0 Å². The molecule has 1 aliphatic carbocycles. The van der Waals surface area contributed by atoms with Crippen LogP contribution < -0.4 is 5.73 Å². The van der Waals surface area contributed by atoms with E-state index in [-0.39, 0.29) is 16.4 Å². The number of rotatable bonds is 5. The summed E-state index contributed by atoms with van der Waals surface area (Å²) in [6.07, 6.45) is 1.72. The number of oxime groups is 1. The van der Waals surface area contributed by atoms with Crippen molar-refractivity contribution in [1.82, 2.24) is 0 Å². The van der Waals surface area contributed by atoms with Gasteiger partial charge in [-0.1, -0.05) is 51.0 Å². The van der Waals surface area contributed by atoms with Gasteiger partial charge in [0.15, 0.2) is 6.23 Å². The molecule has 0 saturated carbocycles. The van der Waals surface area contributed by atoms with E-state index in [9.17, 15) is 9.90 Å². The Hall–Kier alpha value is -2.66. The van der Waals surface area contributed by atoms with Gasteiger partial charge in [0.1, 0.15) is 5.71 Å². The minimum Gasteiger partial charge on any atom is -0.478 e. The summed E-state index contributed by atoms with van der Waals surface area (Å²) in [4.78, 5) is 16.7. The first-order chi connectivity index (χ1) is 13.9. The van der Waals surface area contributed by atoms with Crippen LogP contribution in [0.25, 0.3) is 0 Å². The zero-order chi connectivity index (χ0) is 22.3. The van der Waals surface area contributed by atoms with Crippen LogP contribution in [0.5, 0.6) is 0 Å². The van der Waals surface area contributed by atoms with E-state index in [1.807, 2.05) is 0 Å². The molecule has 5 heteroatoms. The Kier molecular flexibility index (Phi) is 5.79. The second-order valence-electron chi connectivity index (χ2n) is 9.61. The number of aryl methyl sites for hydroxylation is 1. The van der Waals surface area contributed by atoms with Crippen LogP contribution in [0, 0.1) is 6.92 Å². The highest BCUT2D eigenvalue weighted by Crippen LogP contribution is 2.46. The maximum absolute atomic E-state index is 11.2. The van der Waals surface area contributed by atoms with Crippen LogP contribution in [0.4, 0.5) is 0 Å². The summed E-state index contributed by atoms with van der Waals surface area (Å²) in [7, 11) is 0. The summed E-state index contributed by atoms with van der Waals surface area (Å²) in [6.45, 7) is 13.0. The Morgan fingerprint density at radius 2 is 1.53 bits per heavy atom. The van der Waals surface area contributed by atoms with Crippen LogP contribution in [-0.2, 0) is 15.7 Å². The van der Waals surface area contributed by atoms with E-state index >= 15 is 0 Å². The predicted molar refractivity (Wildman–Crippen MR) is 120 cm³/mol. The van der Waals surface area contributed by atoms with Crippen molar-refractivity contribution in [3.63, 3.8) is 0 Å². The van der Waals surface area contributed by atoms with Gasteiger partial charge < -0.3 is 9.94 Å². The third kappa shape index (κ3) is 4.26. The first-order valence-corrected chi connectivity index (χ1v) is 10.4. The molecular formula is C25H32N2O3. The molecule has 0 aliphatic heterocycles. The van der Waals surface area contributed by atoms with Crippen LogP contribution in [0.1, 0.15) is 85.6 Å². The molecule has 3 rings (SSSR count). The number of hydrogen-bond acceptors (Lipinski definition) is 4. The average Bonchev–Trinajstić information content (AvgIpc) is 2.66. The maximum atomic E-state index is 11.2. The predicted octanol–water partition coefficient (Wildman–Crippen LogP) is 5.12. The number of nitrogens with two attached hydrogens (primary N) is 1. The maximum Gasteiger partial charge on any atom is 0.335 e. The molecule has 2 aromatic carbocycles. The average molecular weight is 409 g/mol. The van der Waals surface area contributed by atoms with Gasteiger partial charge >= 0.3 is 5.97 Å². The second kappa shape index (κ2) is 7.88. The lowest BCUT2D eigenvalue weighted by molar-refractivity contribution is 0.0697. The van der Waals surface area contributed by atoms with Crippen molar-refractivity contribution in [2.75, 3.05) is 0 Å². The minimum absolute atomic E-state index is 0.0631. The number of carboxylic acid groups (broad SMARTS) is 1. The van der Waals surface area contributed by atoms with Crippen molar-refractivity contribution in [2.24, 2.45) is 10.9 Å². The molecule has 0 fully saturated rings. The number of aromatic carboxylic acids is 1. The second-order valence-corrected chi connectivity index (χ2v) is 9.61. The quantitative estimate of drug-likeness (QED) is 0.409. The van der Waals surface area contributed by atoms with Crippen LogP contribution in [0.15, 0.2) is 41.6 Å². The smallest absolute Gasteiger partial charge is 0.335 e. The molecule has 3 N–H and O–H groups in total. The number of carboxylic acids is 1. The highest BCUT2D eigenvalue weighted by atomic mass is 16.6. The Labute approximate surface area is 178 Å². The summed E-state index contributed by atoms with van der Waals surface area (Å²) in [5.41, 5.74) is 12.4. The molecule has 2 aromatic rings. The summed E-state index contributed by atoms with van der Waals surface area (Å²) >= 11 is 0. The topological polar surface area (TPSA) is 84.9 Å². The fourth-order valence-electron chi connectivity index (χ4n) is 4.14. The first-order valence-electron chi connectivity index (χ1n) is 10.4. The number of benzene rings is 2. The normalized spacial score (nSPS) is 18.4. The van der Waals surface area contributed by atoms with Gasteiger partial charge in [-0.15, -0.1) is 0 Å². The van der Waals surface area contributed by atoms with Gasteiger partial charge in [-0.25, -0.2) is 4.79 Å². The number of nitrogens with zero attached hydrogens (tertiary/aromatic N) is 1. The molecule has 5 nitrogen and oxygen atoms in total. The molecule has 0 aromatic heterocycles. The molecule has 0 spiro atoms. The van der Waals surface area contributed by atoms with E-state index in [1.165, 1.54) is 11.1 Å². The Morgan fingerprint density at radius 1 is 1.03 bits per heavy atom. The monoisotopic (exact) mass is 408 g/mol. The minimum atomic E-state index is -0.958. The summed E-state index contributed by atoms with van der Waals surface area (Å²) in [5.74, 6) is -0.958. The molecule has 1 atom stereocenters. The lowest BCUT2D eigenvalue weighted by Crippen LogP contribution is -2.34. The molecule has 0 heterocycles. The van der Waals surface area contributed by atoms with Crippen molar-refractivity contribution in [1.29, 1.82) is 0 Å². The lowest BCUT2D eigenvalue weighted by Gasteiger charge is -2.42. The largest absolute Gasteiger partial charge is 0.478 e. The molecule has 0 radical (unpaired) electrons. The van der Waals surface area contributed by atoms with Crippen LogP contribution in [0.2, 0.25) is 0 Å². The van der Waals surface area contributed by atoms with Crippen LogP contribution in [0.3, 0.4) is 0 Å². The van der Waals surface area contributed by atoms with E-state index in [2.05, 4.69) is 51.9 Å². The fourth-order valence-corrected chi connectivity index (χ4v) is 4.14. The molecular weight excluding hydrogens is 376 g/mol. The molecule has 0 amide bonds. The summed E-state index contributed by atoms with van der Waals surface area (Å²) in [6, 6.07) is 11.2. The van der Waals surface area contributed by atoms with E-state index in [0.29, 0.717) is 5.71 Å². The van der Waals surface area contributed by atoms with Gasteiger partial charge in [0, 0.05) is 11.1 Å².